The first-order chi connectivity index (χ1) is 29.5. The van der Waals surface area contributed by atoms with Gasteiger partial charge in [0.05, 0.1) is 48.7 Å². The van der Waals surface area contributed by atoms with Gasteiger partial charge in [-0.15, -0.1) is 10.2 Å². The van der Waals surface area contributed by atoms with Gasteiger partial charge in [-0.25, -0.2) is 0 Å². The van der Waals surface area contributed by atoms with Crippen LogP contribution in [0.3, 0.4) is 0 Å². The molecule has 9 heterocycles. The number of piperidine rings is 6. The van der Waals surface area contributed by atoms with Crippen LogP contribution in [-0.4, -0.2) is 93.7 Å². The molecule has 12 rings (SSSR count). The molecule has 6 fully saturated rings. The lowest BCUT2D eigenvalue weighted by Crippen LogP contribution is -2.55. The molecule has 0 radical (unpaired) electrons. The molecule has 6 saturated heterocycles. The monoisotopic (exact) mass is 806 g/mol. The highest BCUT2D eigenvalue weighted by atomic mass is 16.5. The highest BCUT2D eigenvalue weighted by molar-refractivity contribution is 5.90. The van der Waals surface area contributed by atoms with E-state index in [-0.39, 0.29) is 18.4 Å². The van der Waals surface area contributed by atoms with Crippen LogP contribution in [0.15, 0.2) is 85.2 Å². The van der Waals surface area contributed by atoms with Gasteiger partial charge in [-0.1, -0.05) is 44.9 Å². The Balaban J connectivity index is 0.967. The summed E-state index contributed by atoms with van der Waals surface area (Å²) in [7, 11) is 1.72. The summed E-state index contributed by atoms with van der Waals surface area (Å²) in [6.45, 7) is 10.1. The molecule has 10 heteroatoms. The third-order valence-corrected chi connectivity index (χ3v) is 15.1. The molecule has 6 aliphatic heterocycles. The predicted molar refractivity (Wildman–Crippen MR) is 236 cm³/mol. The molecule has 10 nitrogen and oxygen atoms in total. The fourth-order valence-corrected chi connectivity index (χ4v) is 11.8. The first kappa shape index (κ1) is 39.2. The zero-order chi connectivity index (χ0) is 40.7. The predicted octanol–water partition coefficient (Wildman–Crippen LogP) is 8.79. The van der Waals surface area contributed by atoms with Crippen LogP contribution in [0.4, 0.5) is 0 Å². The minimum Gasteiger partial charge on any atom is -0.497 e. The van der Waals surface area contributed by atoms with Gasteiger partial charge in [-0.05, 0) is 134 Å². The van der Waals surface area contributed by atoms with Gasteiger partial charge < -0.3 is 19.3 Å². The molecule has 1 N–H and O–H groups in total. The number of aliphatic hydroxyl groups is 1. The lowest BCUT2D eigenvalue weighted by molar-refractivity contribution is -0.0177. The van der Waals surface area contributed by atoms with E-state index in [2.05, 4.69) is 66.1 Å². The molecule has 0 saturated carbocycles. The van der Waals surface area contributed by atoms with E-state index in [1.54, 1.807) is 7.11 Å². The average molecular weight is 807 g/mol. The van der Waals surface area contributed by atoms with Crippen molar-refractivity contribution in [3.63, 3.8) is 0 Å². The largest absolute Gasteiger partial charge is 0.497 e. The van der Waals surface area contributed by atoms with Gasteiger partial charge in [0.25, 0.3) is 0 Å². The quantitative estimate of drug-likeness (QED) is 0.115. The maximum Gasteiger partial charge on any atom is 0.241 e. The van der Waals surface area contributed by atoms with Crippen molar-refractivity contribution in [1.29, 1.82) is 0 Å². The fourth-order valence-electron chi connectivity index (χ4n) is 11.8. The number of fused-ring (bicyclic) bond motifs is 9. The minimum absolute atomic E-state index is 0.00928. The summed E-state index contributed by atoms with van der Waals surface area (Å²) in [4.78, 5) is 14.9. The third-order valence-electron chi connectivity index (χ3n) is 15.1. The van der Waals surface area contributed by atoms with Crippen molar-refractivity contribution in [2.45, 2.75) is 82.9 Å². The van der Waals surface area contributed by atoms with Crippen LogP contribution < -0.4 is 14.2 Å². The summed E-state index contributed by atoms with van der Waals surface area (Å²) in [6.07, 6.45) is 11.1. The number of methoxy groups -OCH3 is 1. The molecule has 4 bridgehead atoms. The second kappa shape index (κ2) is 16.9. The Bertz CT molecular complexity index is 2310. The van der Waals surface area contributed by atoms with Gasteiger partial charge in [0, 0.05) is 60.2 Å². The van der Waals surface area contributed by atoms with Gasteiger partial charge in [0.1, 0.15) is 5.75 Å². The van der Waals surface area contributed by atoms with Crippen LogP contribution >= 0.6 is 0 Å². The van der Waals surface area contributed by atoms with Crippen molar-refractivity contribution >= 4 is 32.6 Å². The van der Waals surface area contributed by atoms with Gasteiger partial charge in [-0.2, -0.15) is 0 Å². The van der Waals surface area contributed by atoms with Crippen molar-refractivity contribution in [3.8, 4) is 17.5 Å². The number of aliphatic hydroxyl groups excluding tert-OH is 1. The molecule has 0 aliphatic carbocycles. The Morgan fingerprint density at radius 3 is 1.68 bits per heavy atom. The van der Waals surface area contributed by atoms with Crippen LogP contribution in [-0.2, 0) is 6.61 Å². The number of aromatic nitrogens is 4. The smallest absolute Gasteiger partial charge is 0.241 e. The van der Waals surface area contributed by atoms with Crippen molar-refractivity contribution in [2.24, 2.45) is 23.7 Å². The SMILES string of the molecule is CCC1CN2CCC1CC2[C@@H](COc1nnc(OC[C@@H](c2ccnc3ccc(CO)cc23)[C@H]2C[C@H]3CCN2CC3CC)c2ccccc12)c1ccnc2ccc(OC)cc12. The highest BCUT2D eigenvalue weighted by Gasteiger charge is 2.45. The van der Waals surface area contributed by atoms with E-state index >= 15 is 0 Å². The van der Waals surface area contributed by atoms with Gasteiger partial charge in [-0.3, -0.25) is 19.8 Å². The Kier molecular flexibility index (Phi) is 11.0. The Morgan fingerprint density at radius 1 is 0.667 bits per heavy atom. The Labute approximate surface area is 353 Å². The van der Waals surface area contributed by atoms with E-state index in [0.29, 0.717) is 37.1 Å². The van der Waals surface area contributed by atoms with E-state index in [0.717, 1.165) is 107 Å². The van der Waals surface area contributed by atoms with Crippen molar-refractivity contribution < 1.29 is 19.3 Å². The maximum atomic E-state index is 10.1. The molecule has 3 aromatic heterocycles. The van der Waals surface area contributed by atoms with Crippen LogP contribution in [0.1, 0.15) is 80.9 Å². The molecule has 6 aromatic rings. The Hall–Kier alpha value is -4.90. The first-order valence-electron chi connectivity index (χ1n) is 22.4. The first-order valence-corrected chi connectivity index (χ1v) is 22.4. The van der Waals surface area contributed by atoms with E-state index in [1.165, 1.54) is 36.8 Å². The lowest BCUT2D eigenvalue weighted by atomic mass is 9.70. The molecule has 60 heavy (non-hydrogen) atoms. The molecule has 0 amide bonds. The Morgan fingerprint density at radius 2 is 1.20 bits per heavy atom. The van der Waals surface area contributed by atoms with Gasteiger partial charge in [0.15, 0.2) is 0 Å². The van der Waals surface area contributed by atoms with E-state index in [4.69, 9.17) is 34.4 Å². The summed E-state index contributed by atoms with van der Waals surface area (Å²) in [6, 6.07) is 25.5. The molecule has 6 aliphatic rings. The third kappa shape index (κ3) is 7.24. The van der Waals surface area contributed by atoms with E-state index in [9.17, 15) is 5.11 Å². The number of nitrogens with zero attached hydrogens (tertiary/aromatic N) is 6. The summed E-state index contributed by atoms with van der Waals surface area (Å²) in [5, 5.41) is 23.6. The molecule has 0 spiro atoms. The summed E-state index contributed by atoms with van der Waals surface area (Å²) in [5.41, 5.74) is 5.23. The topological polar surface area (TPSA) is 106 Å². The van der Waals surface area contributed by atoms with Crippen LogP contribution in [0.2, 0.25) is 0 Å². The number of ether oxygens (including phenoxy) is 3. The molecule has 6 unspecified atom stereocenters. The van der Waals surface area contributed by atoms with Gasteiger partial charge >= 0.3 is 0 Å². The van der Waals surface area contributed by atoms with Crippen molar-refractivity contribution in [3.05, 3.63) is 102 Å². The molecule has 312 valence electrons. The molecular weight excluding hydrogens is 749 g/mol. The summed E-state index contributed by atoms with van der Waals surface area (Å²) < 4.78 is 19.5. The average Bonchev–Trinajstić information content (AvgIpc) is 3.32. The number of hydrogen-bond acceptors (Lipinski definition) is 10. The van der Waals surface area contributed by atoms with Crippen LogP contribution in [0.5, 0.6) is 17.5 Å². The second-order valence-corrected chi connectivity index (χ2v) is 17.9. The number of rotatable bonds is 14. The summed E-state index contributed by atoms with van der Waals surface area (Å²) >= 11 is 0. The van der Waals surface area contributed by atoms with Crippen LogP contribution in [0.25, 0.3) is 32.6 Å². The van der Waals surface area contributed by atoms with E-state index < -0.39 is 0 Å². The lowest BCUT2D eigenvalue weighted by Gasteiger charge is -2.52. The molecular formula is C50H58N6O4. The van der Waals surface area contributed by atoms with Crippen molar-refractivity contribution in [1.82, 2.24) is 30.0 Å². The van der Waals surface area contributed by atoms with Gasteiger partial charge in [0.2, 0.25) is 11.8 Å². The normalized spacial score (nSPS) is 27.0. The minimum atomic E-state index is -0.00928. The maximum absolute atomic E-state index is 10.1. The fraction of sp³-hybridized carbons (Fsp3) is 0.480. The second-order valence-electron chi connectivity index (χ2n) is 17.9. The summed E-state index contributed by atoms with van der Waals surface area (Å²) in [5.74, 6) is 4.98. The zero-order valence-corrected chi connectivity index (χ0v) is 35.2. The van der Waals surface area contributed by atoms with E-state index in [1.807, 2.05) is 42.7 Å². The zero-order valence-electron chi connectivity index (χ0n) is 35.2. The van der Waals surface area contributed by atoms with Crippen LogP contribution in [0, 0.1) is 23.7 Å². The van der Waals surface area contributed by atoms with Crippen molar-refractivity contribution in [2.75, 3.05) is 46.5 Å². The molecule has 10 atom stereocenters. The number of benzene rings is 3. The molecule has 3 aromatic carbocycles. The standard InChI is InChI=1S/C50H58N6O4/c1-4-32-26-55-20-16-34(32)23-47(55)43(37-14-18-51-45-12-10-31(28-57)22-41(37)45)29-59-49-39-8-6-7-9-40(39)50(54-53-49)60-30-44(48-24-35-17-21-56(48)27-33(35)5-2)38-15-19-52-46-13-11-36(58-3)25-42(38)46/h6-15,18-19,22,25,32-35,43-44,47-48,57H,4-5,16-17,20-21,23-24,26-30H2,1-3H3/t32?,33?,34-,35?,43+,44+,47-,48?/m1/s1. The number of hydrogen-bond donors (Lipinski definition) is 1. The highest BCUT2D eigenvalue weighted by Crippen LogP contribution is 2.46. The number of pyridine rings is 2.